The molecule has 0 amide bonds. The SMILES string of the molecule is COC[C@H](NN=N)C(=O)ON. The number of nitrogens with zero attached hydrogens (tertiary/aromatic N) is 1. The first-order valence-electron chi connectivity index (χ1n) is 2.77. The van der Waals surface area contributed by atoms with Crippen LogP contribution in [0.5, 0.6) is 0 Å². The van der Waals surface area contributed by atoms with Crippen LogP contribution in [0.25, 0.3) is 0 Å². The summed E-state index contributed by atoms with van der Waals surface area (Å²) in [6.45, 7) is 0.0540. The average molecular weight is 162 g/mol. The molecule has 0 heterocycles. The maximum atomic E-state index is 10.7. The van der Waals surface area contributed by atoms with E-state index >= 15 is 0 Å². The molecule has 0 aromatic rings. The molecule has 0 unspecified atom stereocenters. The number of carbonyl (C=O) groups excluding carboxylic acids is 1. The molecule has 0 aliphatic rings. The number of nitrogens with two attached hydrogens (primary N) is 1. The summed E-state index contributed by atoms with van der Waals surface area (Å²) in [6.07, 6.45) is 0. The van der Waals surface area contributed by atoms with E-state index in [-0.39, 0.29) is 6.61 Å². The predicted molar refractivity (Wildman–Crippen MR) is 34.2 cm³/mol. The molecule has 1 atom stereocenters. The van der Waals surface area contributed by atoms with E-state index in [9.17, 15) is 4.79 Å². The van der Waals surface area contributed by atoms with Gasteiger partial charge in [0, 0.05) is 7.11 Å². The molecular formula is C4H10N4O3. The van der Waals surface area contributed by atoms with Gasteiger partial charge in [-0.25, -0.2) is 4.79 Å². The Balaban J connectivity index is 3.86. The van der Waals surface area contributed by atoms with Crippen molar-refractivity contribution in [3.05, 3.63) is 0 Å². The third kappa shape index (κ3) is 3.48. The van der Waals surface area contributed by atoms with Crippen LogP contribution in [-0.4, -0.2) is 25.7 Å². The second-order valence-electron chi connectivity index (χ2n) is 1.69. The highest BCUT2D eigenvalue weighted by Crippen LogP contribution is 1.87. The third-order valence-corrected chi connectivity index (χ3v) is 0.954. The van der Waals surface area contributed by atoms with Gasteiger partial charge in [0.1, 0.15) is 0 Å². The van der Waals surface area contributed by atoms with E-state index in [1.807, 2.05) is 0 Å². The molecule has 64 valence electrons. The molecule has 11 heavy (non-hydrogen) atoms. The van der Waals surface area contributed by atoms with E-state index in [0.717, 1.165) is 0 Å². The lowest BCUT2D eigenvalue weighted by Gasteiger charge is -2.10. The normalized spacial score (nSPS) is 11.8. The Labute approximate surface area is 63.3 Å². The summed E-state index contributed by atoms with van der Waals surface area (Å²) in [5.74, 6) is 3.87. The van der Waals surface area contributed by atoms with E-state index < -0.39 is 12.0 Å². The van der Waals surface area contributed by atoms with Crippen molar-refractivity contribution in [1.29, 1.82) is 5.53 Å². The van der Waals surface area contributed by atoms with Gasteiger partial charge in [0.2, 0.25) is 0 Å². The van der Waals surface area contributed by atoms with Gasteiger partial charge in [0.15, 0.2) is 6.04 Å². The lowest BCUT2D eigenvalue weighted by Crippen LogP contribution is -2.39. The average Bonchev–Trinajstić information content (AvgIpc) is 2.03. The van der Waals surface area contributed by atoms with Gasteiger partial charge in [-0.05, 0) is 0 Å². The van der Waals surface area contributed by atoms with Gasteiger partial charge in [-0.2, -0.15) is 11.4 Å². The summed E-state index contributed by atoms with van der Waals surface area (Å²) >= 11 is 0. The molecule has 0 rings (SSSR count). The molecule has 4 N–H and O–H groups in total. The van der Waals surface area contributed by atoms with E-state index in [1.54, 1.807) is 0 Å². The van der Waals surface area contributed by atoms with Crippen molar-refractivity contribution in [3.63, 3.8) is 0 Å². The molecule has 0 saturated heterocycles. The molecule has 0 aromatic carbocycles. The first-order valence-corrected chi connectivity index (χ1v) is 2.77. The zero-order valence-corrected chi connectivity index (χ0v) is 6.03. The maximum Gasteiger partial charge on any atom is 0.351 e. The minimum absolute atomic E-state index is 0.0540. The molecule has 0 aliphatic carbocycles. The van der Waals surface area contributed by atoms with E-state index in [0.29, 0.717) is 0 Å². The van der Waals surface area contributed by atoms with Crippen molar-refractivity contribution in [2.45, 2.75) is 6.04 Å². The van der Waals surface area contributed by atoms with Crippen molar-refractivity contribution in [1.82, 2.24) is 5.43 Å². The number of methoxy groups -OCH3 is 1. The number of nitrogens with one attached hydrogen (secondary N) is 2. The van der Waals surface area contributed by atoms with Gasteiger partial charge < -0.3 is 9.57 Å². The van der Waals surface area contributed by atoms with Crippen LogP contribution in [0, 0.1) is 5.53 Å². The van der Waals surface area contributed by atoms with Gasteiger partial charge in [-0.1, -0.05) is 5.22 Å². The largest absolute Gasteiger partial charge is 0.382 e. The Hall–Kier alpha value is -1.21. The Morgan fingerprint density at radius 1 is 1.91 bits per heavy atom. The second kappa shape index (κ2) is 5.57. The first-order chi connectivity index (χ1) is 5.26. The lowest BCUT2D eigenvalue weighted by molar-refractivity contribution is -0.148. The van der Waals surface area contributed by atoms with Gasteiger partial charge in [0.25, 0.3) is 0 Å². The summed E-state index contributed by atoms with van der Waals surface area (Å²) in [5.41, 5.74) is 8.54. The zero-order valence-electron chi connectivity index (χ0n) is 6.03. The highest BCUT2D eigenvalue weighted by Gasteiger charge is 2.18. The summed E-state index contributed by atoms with van der Waals surface area (Å²) in [5, 5.41) is 2.79. The monoisotopic (exact) mass is 162 g/mol. The fourth-order valence-electron chi connectivity index (χ4n) is 0.485. The van der Waals surface area contributed by atoms with E-state index in [2.05, 4.69) is 26.1 Å². The van der Waals surface area contributed by atoms with Crippen LogP contribution in [0.3, 0.4) is 0 Å². The van der Waals surface area contributed by atoms with Gasteiger partial charge in [-0.3, -0.25) is 5.43 Å². The Morgan fingerprint density at radius 2 is 2.55 bits per heavy atom. The molecule has 0 fully saturated rings. The van der Waals surface area contributed by atoms with Crippen molar-refractivity contribution in [2.24, 2.45) is 11.1 Å². The van der Waals surface area contributed by atoms with Crippen LogP contribution >= 0.6 is 0 Å². The highest BCUT2D eigenvalue weighted by atomic mass is 16.7. The van der Waals surface area contributed by atoms with Crippen molar-refractivity contribution in [2.75, 3.05) is 13.7 Å². The fourth-order valence-corrected chi connectivity index (χ4v) is 0.485. The molecule has 0 spiro atoms. The van der Waals surface area contributed by atoms with Crippen LogP contribution in [-0.2, 0) is 14.4 Å². The van der Waals surface area contributed by atoms with Crippen molar-refractivity contribution < 1.29 is 14.4 Å². The van der Waals surface area contributed by atoms with Gasteiger partial charge in [-0.15, -0.1) is 0 Å². The summed E-state index contributed by atoms with van der Waals surface area (Å²) in [4.78, 5) is 14.6. The smallest absolute Gasteiger partial charge is 0.351 e. The fraction of sp³-hybridized carbons (Fsp3) is 0.750. The number of hydrogen-bond acceptors (Lipinski definition) is 6. The topological polar surface area (TPSA) is 110 Å². The summed E-state index contributed by atoms with van der Waals surface area (Å²) in [6, 6.07) is -0.817. The standard InChI is InChI=1S/C4H10N4O3/c1-10-2-3(7-8-5)4(9)11-6/h3H,2,6H2,1H3,(H2,5,7)/t3-/m0/s1. The first kappa shape index (κ1) is 9.79. The van der Waals surface area contributed by atoms with Crippen molar-refractivity contribution in [3.8, 4) is 0 Å². The number of rotatable bonds is 5. The highest BCUT2D eigenvalue weighted by molar-refractivity contribution is 5.75. The molecule has 7 nitrogen and oxygen atoms in total. The summed E-state index contributed by atoms with van der Waals surface area (Å²) < 4.78 is 4.62. The minimum atomic E-state index is -0.817. The zero-order chi connectivity index (χ0) is 8.69. The van der Waals surface area contributed by atoms with Crippen LogP contribution < -0.4 is 11.3 Å². The van der Waals surface area contributed by atoms with Gasteiger partial charge >= 0.3 is 5.97 Å². The molecule has 0 bridgehead atoms. The van der Waals surface area contributed by atoms with Gasteiger partial charge in [0.05, 0.1) is 6.61 Å². The molecule has 0 radical (unpaired) electrons. The maximum absolute atomic E-state index is 10.7. The van der Waals surface area contributed by atoms with Crippen LogP contribution in [0.4, 0.5) is 0 Å². The van der Waals surface area contributed by atoms with Crippen LogP contribution in [0.2, 0.25) is 0 Å². The number of carbonyl (C=O) groups is 1. The molecule has 7 heteroatoms. The van der Waals surface area contributed by atoms with Crippen LogP contribution in [0.15, 0.2) is 5.22 Å². The van der Waals surface area contributed by atoms with Crippen molar-refractivity contribution >= 4 is 5.97 Å². The third-order valence-electron chi connectivity index (χ3n) is 0.954. The number of hydrogen-bond donors (Lipinski definition) is 3. The Kier molecular flexibility index (Phi) is 4.95. The Bertz CT molecular complexity index is 139. The quantitative estimate of drug-likeness (QED) is 0.353. The predicted octanol–water partition coefficient (Wildman–Crippen LogP) is -1.05. The Morgan fingerprint density at radius 3 is 2.91 bits per heavy atom. The number of ether oxygens (including phenoxy) is 1. The molecule has 0 aromatic heterocycles. The molecule has 0 saturated carbocycles. The molecule has 0 aliphatic heterocycles. The van der Waals surface area contributed by atoms with E-state index in [4.69, 9.17) is 5.53 Å². The van der Waals surface area contributed by atoms with E-state index in [1.165, 1.54) is 7.11 Å². The van der Waals surface area contributed by atoms with Crippen LogP contribution in [0.1, 0.15) is 0 Å². The summed E-state index contributed by atoms with van der Waals surface area (Å²) in [7, 11) is 1.41. The minimum Gasteiger partial charge on any atom is -0.382 e. The molecular weight excluding hydrogens is 152 g/mol. The lowest BCUT2D eigenvalue weighted by atomic mass is 10.3. The second-order valence-corrected chi connectivity index (χ2v) is 1.69.